The van der Waals surface area contributed by atoms with Gasteiger partial charge in [-0.1, -0.05) is 18.2 Å². The van der Waals surface area contributed by atoms with E-state index in [1.54, 1.807) is 18.5 Å². The fourth-order valence-corrected chi connectivity index (χ4v) is 2.80. The minimum absolute atomic E-state index is 0.0152. The zero-order valence-electron chi connectivity index (χ0n) is 13.6. The molecule has 0 bridgehead atoms. The average Bonchev–Trinajstić information content (AvgIpc) is 2.64. The van der Waals surface area contributed by atoms with E-state index in [0.717, 1.165) is 38.2 Å². The zero-order chi connectivity index (χ0) is 16.6. The van der Waals surface area contributed by atoms with Crippen LogP contribution in [-0.2, 0) is 4.79 Å². The van der Waals surface area contributed by atoms with Crippen molar-refractivity contribution < 1.29 is 9.53 Å². The van der Waals surface area contributed by atoms with Crippen LogP contribution in [0.5, 0.6) is 5.75 Å². The van der Waals surface area contributed by atoms with E-state index in [0.29, 0.717) is 12.6 Å². The first kappa shape index (κ1) is 16.4. The molecule has 2 heterocycles. The molecule has 6 heteroatoms. The summed E-state index contributed by atoms with van der Waals surface area (Å²) in [5.74, 6) is 1.32. The Bertz CT molecular complexity index is 628. The Morgan fingerprint density at radius 3 is 2.54 bits per heavy atom. The molecule has 1 saturated heterocycles. The first-order valence-electron chi connectivity index (χ1n) is 8.29. The van der Waals surface area contributed by atoms with Gasteiger partial charge in [0.1, 0.15) is 12.4 Å². The van der Waals surface area contributed by atoms with Crippen molar-refractivity contribution in [1.29, 1.82) is 0 Å². The van der Waals surface area contributed by atoms with Gasteiger partial charge in [-0.25, -0.2) is 9.97 Å². The van der Waals surface area contributed by atoms with Crippen molar-refractivity contribution in [2.24, 2.45) is 5.92 Å². The highest BCUT2D eigenvalue weighted by atomic mass is 16.5. The van der Waals surface area contributed by atoms with Crippen molar-refractivity contribution in [3.63, 3.8) is 0 Å². The molecule has 1 aromatic carbocycles. The molecular formula is C18H22N4O2. The molecule has 0 aliphatic carbocycles. The number of aromatic nitrogens is 2. The average molecular weight is 326 g/mol. The lowest BCUT2D eigenvalue weighted by molar-refractivity contribution is -0.121. The van der Waals surface area contributed by atoms with Crippen LogP contribution >= 0.6 is 0 Å². The van der Waals surface area contributed by atoms with Crippen LogP contribution in [0.3, 0.4) is 0 Å². The lowest BCUT2D eigenvalue weighted by atomic mass is 9.96. The number of benzene rings is 1. The normalized spacial score (nSPS) is 15.8. The molecule has 0 atom stereocenters. The number of rotatable bonds is 6. The molecule has 1 N–H and O–H groups in total. The Labute approximate surface area is 141 Å². The van der Waals surface area contributed by atoms with E-state index in [9.17, 15) is 4.79 Å². The summed E-state index contributed by atoms with van der Waals surface area (Å²) >= 11 is 0. The number of carbonyl (C=O) groups excluding carboxylic acids is 1. The minimum atomic E-state index is 0.0152. The van der Waals surface area contributed by atoms with Gasteiger partial charge in [0.05, 0.1) is 0 Å². The SMILES string of the molecule is O=C(Nc1ncccn1)C1CCN(CCOc2ccccc2)CC1. The van der Waals surface area contributed by atoms with Gasteiger partial charge in [0.15, 0.2) is 0 Å². The topological polar surface area (TPSA) is 67.4 Å². The molecule has 0 unspecified atom stereocenters. The number of amides is 1. The number of nitrogens with one attached hydrogen (secondary N) is 1. The van der Waals surface area contributed by atoms with Crippen LogP contribution in [-0.4, -0.2) is 47.0 Å². The molecule has 0 spiro atoms. The second kappa shape index (κ2) is 8.40. The maximum Gasteiger partial charge on any atom is 0.229 e. The number of nitrogens with zero attached hydrogens (tertiary/aromatic N) is 3. The van der Waals surface area contributed by atoms with Crippen LogP contribution in [0.2, 0.25) is 0 Å². The largest absolute Gasteiger partial charge is 0.492 e. The van der Waals surface area contributed by atoms with Crippen LogP contribution in [0, 0.1) is 5.92 Å². The van der Waals surface area contributed by atoms with E-state index >= 15 is 0 Å². The molecule has 0 radical (unpaired) electrons. The summed E-state index contributed by atoms with van der Waals surface area (Å²) in [4.78, 5) is 22.6. The molecule has 2 aromatic rings. The van der Waals surface area contributed by atoms with Crippen molar-refractivity contribution in [1.82, 2.24) is 14.9 Å². The van der Waals surface area contributed by atoms with E-state index in [-0.39, 0.29) is 11.8 Å². The van der Waals surface area contributed by atoms with Crippen molar-refractivity contribution in [3.8, 4) is 5.75 Å². The van der Waals surface area contributed by atoms with E-state index in [1.807, 2.05) is 30.3 Å². The minimum Gasteiger partial charge on any atom is -0.492 e. The second-order valence-corrected chi connectivity index (χ2v) is 5.84. The number of carbonyl (C=O) groups is 1. The highest BCUT2D eigenvalue weighted by molar-refractivity contribution is 5.90. The molecule has 24 heavy (non-hydrogen) atoms. The molecule has 1 fully saturated rings. The molecular weight excluding hydrogens is 304 g/mol. The first-order chi connectivity index (χ1) is 11.8. The number of hydrogen-bond acceptors (Lipinski definition) is 5. The maximum atomic E-state index is 12.2. The van der Waals surface area contributed by atoms with Gasteiger partial charge in [-0.2, -0.15) is 0 Å². The van der Waals surface area contributed by atoms with Crippen LogP contribution in [0.4, 0.5) is 5.95 Å². The quantitative estimate of drug-likeness (QED) is 0.881. The zero-order valence-corrected chi connectivity index (χ0v) is 13.6. The Balaban J connectivity index is 1.37. The van der Waals surface area contributed by atoms with Crippen LogP contribution < -0.4 is 10.1 Å². The van der Waals surface area contributed by atoms with Gasteiger partial charge >= 0.3 is 0 Å². The number of piperidine rings is 1. The first-order valence-corrected chi connectivity index (χ1v) is 8.29. The highest BCUT2D eigenvalue weighted by Gasteiger charge is 2.25. The number of para-hydroxylation sites is 1. The van der Waals surface area contributed by atoms with Gasteiger partial charge < -0.3 is 4.74 Å². The Kier molecular flexibility index (Phi) is 5.74. The third-order valence-corrected chi connectivity index (χ3v) is 4.18. The lowest BCUT2D eigenvalue weighted by Gasteiger charge is -2.30. The van der Waals surface area contributed by atoms with E-state index in [2.05, 4.69) is 20.2 Å². The molecule has 1 aromatic heterocycles. The summed E-state index contributed by atoms with van der Waals surface area (Å²) in [6.45, 7) is 3.36. The standard InChI is InChI=1S/C18H22N4O2/c23-17(21-18-19-9-4-10-20-18)15-7-11-22(12-8-15)13-14-24-16-5-2-1-3-6-16/h1-6,9-10,15H,7-8,11-14H2,(H,19,20,21,23). The van der Waals surface area contributed by atoms with E-state index in [1.165, 1.54) is 0 Å². The van der Waals surface area contributed by atoms with Crippen LogP contribution in [0.15, 0.2) is 48.8 Å². The number of likely N-dealkylation sites (tertiary alicyclic amines) is 1. The van der Waals surface area contributed by atoms with Crippen molar-refractivity contribution in [2.75, 3.05) is 31.6 Å². The van der Waals surface area contributed by atoms with Crippen LogP contribution in [0.25, 0.3) is 0 Å². The Morgan fingerprint density at radius 2 is 1.83 bits per heavy atom. The number of ether oxygens (including phenoxy) is 1. The molecule has 126 valence electrons. The van der Waals surface area contributed by atoms with Gasteiger partial charge in [0.25, 0.3) is 0 Å². The van der Waals surface area contributed by atoms with Gasteiger partial charge in [0, 0.05) is 24.9 Å². The Hall–Kier alpha value is -2.47. The van der Waals surface area contributed by atoms with Crippen molar-refractivity contribution in [2.45, 2.75) is 12.8 Å². The molecule has 1 aliphatic heterocycles. The van der Waals surface area contributed by atoms with Crippen LogP contribution in [0.1, 0.15) is 12.8 Å². The number of hydrogen-bond donors (Lipinski definition) is 1. The Morgan fingerprint density at radius 1 is 1.12 bits per heavy atom. The van der Waals surface area contributed by atoms with E-state index in [4.69, 9.17) is 4.74 Å². The molecule has 1 aliphatic rings. The summed E-state index contributed by atoms with van der Waals surface area (Å²) in [7, 11) is 0. The van der Waals surface area contributed by atoms with Gasteiger partial charge in [0.2, 0.25) is 11.9 Å². The molecule has 6 nitrogen and oxygen atoms in total. The second-order valence-electron chi connectivity index (χ2n) is 5.84. The fraction of sp³-hybridized carbons (Fsp3) is 0.389. The molecule has 1 amide bonds. The number of anilines is 1. The van der Waals surface area contributed by atoms with Gasteiger partial charge in [-0.15, -0.1) is 0 Å². The predicted molar refractivity (Wildman–Crippen MR) is 91.8 cm³/mol. The van der Waals surface area contributed by atoms with Gasteiger partial charge in [-0.3, -0.25) is 15.0 Å². The predicted octanol–water partition coefficient (Wildman–Crippen LogP) is 2.21. The summed E-state index contributed by atoms with van der Waals surface area (Å²) in [6.07, 6.45) is 4.95. The third-order valence-electron chi connectivity index (χ3n) is 4.18. The highest BCUT2D eigenvalue weighted by Crippen LogP contribution is 2.18. The monoisotopic (exact) mass is 326 g/mol. The fourth-order valence-electron chi connectivity index (χ4n) is 2.80. The summed E-state index contributed by atoms with van der Waals surface area (Å²) in [5.41, 5.74) is 0. The maximum absolute atomic E-state index is 12.2. The summed E-state index contributed by atoms with van der Waals surface area (Å²) in [6, 6.07) is 11.6. The van der Waals surface area contributed by atoms with Crippen molar-refractivity contribution >= 4 is 11.9 Å². The lowest BCUT2D eigenvalue weighted by Crippen LogP contribution is -2.40. The third kappa shape index (κ3) is 4.76. The molecule has 0 saturated carbocycles. The molecule has 3 rings (SSSR count). The van der Waals surface area contributed by atoms with Gasteiger partial charge in [-0.05, 0) is 44.1 Å². The summed E-state index contributed by atoms with van der Waals surface area (Å²) in [5, 5.41) is 2.79. The summed E-state index contributed by atoms with van der Waals surface area (Å²) < 4.78 is 5.72. The van der Waals surface area contributed by atoms with E-state index < -0.39 is 0 Å². The smallest absolute Gasteiger partial charge is 0.229 e. The van der Waals surface area contributed by atoms with Crippen molar-refractivity contribution in [3.05, 3.63) is 48.8 Å².